The van der Waals surface area contributed by atoms with Crippen LogP contribution in [0.2, 0.25) is 0 Å². The molecule has 0 bridgehead atoms. The number of benzene rings is 3. The summed E-state index contributed by atoms with van der Waals surface area (Å²) in [6.07, 6.45) is 1.50. The molecular weight excluding hydrogens is 427 g/mol. The van der Waals surface area contributed by atoms with Gasteiger partial charge in [-0.25, -0.2) is 9.82 Å². The predicted molar refractivity (Wildman–Crippen MR) is 123 cm³/mol. The molecule has 0 radical (unpaired) electrons. The fraction of sp³-hybridized carbons (Fsp3) is 0.200. The van der Waals surface area contributed by atoms with Crippen molar-refractivity contribution < 1.29 is 28.1 Å². The number of ether oxygens (including phenoxy) is 4. The van der Waals surface area contributed by atoms with E-state index in [0.717, 1.165) is 5.56 Å². The van der Waals surface area contributed by atoms with E-state index in [0.29, 0.717) is 40.7 Å². The van der Waals surface area contributed by atoms with Crippen molar-refractivity contribution in [2.45, 2.75) is 13.5 Å². The van der Waals surface area contributed by atoms with Crippen LogP contribution in [-0.2, 0) is 6.61 Å². The molecule has 0 aliphatic carbocycles. The molecule has 0 heterocycles. The maximum Gasteiger partial charge on any atom is 0.271 e. The van der Waals surface area contributed by atoms with Crippen molar-refractivity contribution >= 4 is 12.1 Å². The molecule has 0 saturated carbocycles. The Bertz CT molecular complexity index is 1120. The highest BCUT2D eigenvalue weighted by atomic mass is 19.1. The zero-order chi connectivity index (χ0) is 23.6. The van der Waals surface area contributed by atoms with Crippen molar-refractivity contribution in [2.75, 3.05) is 20.8 Å². The van der Waals surface area contributed by atoms with Crippen molar-refractivity contribution in [3.05, 3.63) is 83.2 Å². The van der Waals surface area contributed by atoms with E-state index in [1.54, 1.807) is 48.5 Å². The van der Waals surface area contributed by atoms with Gasteiger partial charge in [-0.05, 0) is 66.6 Å². The van der Waals surface area contributed by atoms with Crippen molar-refractivity contribution in [2.24, 2.45) is 5.10 Å². The number of hydrogen-bond acceptors (Lipinski definition) is 6. The molecule has 0 aliphatic heterocycles. The number of methoxy groups -OCH3 is 2. The lowest BCUT2D eigenvalue weighted by atomic mass is 10.2. The third kappa shape index (κ3) is 6.46. The molecule has 1 N–H and O–H groups in total. The van der Waals surface area contributed by atoms with Gasteiger partial charge in [-0.3, -0.25) is 4.79 Å². The summed E-state index contributed by atoms with van der Waals surface area (Å²) in [5, 5.41) is 4.01. The van der Waals surface area contributed by atoms with Crippen LogP contribution in [0, 0.1) is 5.82 Å². The molecule has 3 aromatic rings. The number of hydrazone groups is 1. The van der Waals surface area contributed by atoms with Crippen LogP contribution in [0.1, 0.15) is 28.4 Å². The number of nitrogens with one attached hydrogen (secondary N) is 1. The van der Waals surface area contributed by atoms with Crippen LogP contribution >= 0.6 is 0 Å². The molecule has 8 heteroatoms. The molecule has 0 fully saturated rings. The fourth-order valence-electron chi connectivity index (χ4n) is 2.94. The highest BCUT2D eigenvalue weighted by molar-refractivity contribution is 5.95. The third-order valence-corrected chi connectivity index (χ3v) is 4.60. The van der Waals surface area contributed by atoms with Gasteiger partial charge in [0.05, 0.1) is 27.0 Å². The molecule has 1 amide bonds. The van der Waals surface area contributed by atoms with Crippen molar-refractivity contribution in [3.63, 3.8) is 0 Å². The molecule has 33 heavy (non-hydrogen) atoms. The Morgan fingerprint density at radius 2 is 1.58 bits per heavy atom. The Kier molecular flexibility index (Phi) is 8.24. The number of amides is 1. The monoisotopic (exact) mass is 452 g/mol. The molecule has 3 aromatic carbocycles. The number of halogens is 1. The zero-order valence-electron chi connectivity index (χ0n) is 18.6. The first kappa shape index (κ1) is 23.6. The van der Waals surface area contributed by atoms with Crippen LogP contribution in [0.15, 0.2) is 65.8 Å². The van der Waals surface area contributed by atoms with E-state index < -0.39 is 0 Å². The average molecular weight is 452 g/mol. The Morgan fingerprint density at radius 1 is 0.909 bits per heavy atom. The molecule has 172 valence electrons. The Balaban J connectivity index is 1.62. The first-order valence-electron chi connectivity index (χ1n) is 10.2. The minimum absolute atomic E-state index is 0.270. The zero-order valence-corrected chi connectivity index (χ0v) is 18.6. The standard InChI is InChI=1S/C25H25FN2O5/c1-4-32-21-12-8-19(14-24(21)31-3)25(29)28-27-15-18-7-11-22(23(13-18)30-2)33-16-17-5-9-20(26)10-6-17/h5-15H,4,16H2,1-3H3,(H,28,29)/b27-15+. The van der Waals surface area contributed by atoms with Crippen molar-refractivity contribution in [1.82, 2.24) is 5.43 Å². The molecule has 3 rings (SSSR count). The summed E-state index contributed by atoms with van der Waals surface area (Å²) in [7, 11) is 3.04. The largest absolute Gasteiger partial charge is 0.493 e. The molecule has 0 aliphatic rings. The van der Waals surface area contributed by atoms with Gasteiger partial charge in [0.1, 0.15) is 12.4 Å². The first-order valence-corrected chi connectivity index (χ1v) is 10.2. The summed E-state index contributed by atoms with van der Waals surface area (Å²) in [4.78, 5) is 12.4. The minimum Gasteiger partial charge on any atom is -0.493 e. The van der Waals surface area contributed by atoms with Gasteiger partial charge in [-0.1, -0.05) is 12.1 Å². The van der Waals surface area contributed by atoms with Gasteiger partial charge in [-0.2, -0.15) is 5.10 Å². The quantitative estimate of drug-likeness (QED) is 0.360. The van der Waals surface area contributed by atoms with E-state index in [4.69, 9.17) is 18.9 Å². The lowest BCUT2D eigenvalue weighted by Gasteiger charge is -2.11. The highest BCUT2D eigenvalue weighted by Crippen LogP contribution is 2.29. The summed E-state index contributed by atoms with van der Waals surface area (Å²) in [6.45, 7) is 2.63. The van der Waals surface area contributed by atoms with E-state index in [2.05, 4.69) is 10.5 Å². The van der Waals surface area contributed by atoms with E-state index in [1.807, 2.05) is 6.92 Å². The molecule has 0 saturated heterocycles. The van der Waals surface area contributed by atoms with E-state index in [9.17, 15) is 9.18 Å². The summed E-state index contributed by atoms with van der Waals surface area (Å²) >= 11 is 0. The second kappa shape index (κ2) is 11.5. The lowest BCUT2D eigenvalue weighted by Crippen LogP contribution is -2.17. The van der Waals surface area contributed by atoms with Crippen molar-refractivity contribution in [1.29, 1.82) is 0 Å². The number of rotatable bonds is 10. The van der Waals surface area contributed by atoms with Crippen LogP contribution in [0.3, 0.4) is 0 Å². The molecule has 0 unspecified atom stereocenters. The Hall–Kier alpha value is -4.07. The third-order valence-electron chi connectivity index (χ3n) is 4.60. The summed E-state index contributed by atoms with van der Waals surface area (Å²) in [5.74, 6) is 1.38. The lowest BCUT2D eigenvalue weighted by molar-refractivity contribution is 0.0954. The topological polar surface area (TPSA) is 78.4 Å². The molecule has 0 aromatic heterocycles. The van der Waals surface area contributed by atoms with Crippen LogP contribution in [-0.4, -0.2) is 32.9 Å². The van der Waals surface area contributed by atoms with Crippen LogP contribution < -0.4 is 24.4 Å². The van der Waals surface area contributed by atoms with Gasteiger partial charge in [0.15, 0.2) is 23.0 Å². The van der Waals surface area contributed by atoms with E-state index >= 15 is 0 Å². The Labute approximate surface area is 191 Å². The van der Waals surface area contributed by atoms with Gasteiger partial charge in [0, 0.05) is 5.56 Å². The normalized spacial score (nSPS) is 10.7. The van der Waals surface area contributed by atoms with Gasteiger partial charge in [-0.15, -0.1) is 0 Å². The van der Waals surface area contributed by atoms with E-state index in [-0.39, 0.29) is 18.3 Å². The summed E-state index contributed by atoms with van der Waals surface area (Å²) in [5.41, 5.74) is 4.40. The summed E-state index contributed by atoms with van der Waals surface area (Å²) in [6, 6.07) is 16.2. The van der Waals surface area contributed by atoms with Gasteiger partial charge in [0.25, 0.3) is 5.91 Å². The molecule has 0 atom stereocenters. The fourth-order valence-corrected chi connectivity index (χ4v) is 2.94. The summed E-state index contributed by atoms with van der Waals surface area (Å²) < 4.78 is 34.9. The van der Waals surface area contributed by atoms with Crippen LogP contribution in [0.25, 0.3) is 0 Å². The second-order valence-corrected chi connectivity index (χ2v) is 6.82. The molecule has 0 spiro atoms. The number of hydrogen-bond donors (Lipinski definition) is 1. The van der Waals surface area contributed by atoms with Gasteiger partial charge in [0.2, 0.25) is 0 Å². The van der Waals surface area contributed by atoms with Crippen molar-refractivity contribution in [3.8, 4) is 23.0 Å². The number of nitrogens with zero attached hydrogens (tertiary/aromatic N) is 1. The highest BCUT2D eigenvalue weighted by Gasteiger charge is 2.11. The number of carbonyl (C=O) groups is 1. The average Bonchev–Trinajstić information content (AvgIpc) is 2.84. The maximum atomic E-state index is 13.0. The van der Waals surface area contributed by atoms with Gasteiger partial charge < -0.3 is 18.9 Å². The van der Waals surface area contributed by atoms with E-state index in [1.165, 1.54) is 32.6 Å². The van der Waals surface area contributed by atoms with Gasteiger partial charge >= 0.3 is 0 Å². The van der Waals surface area contributed by atoms with Crippen LogP contribution in [0.4, 0.5) is 4.39 Å². The second-order valence-electron chi connectivity index (χ2n) is 6.82. The predicted octanol–water partition coefficient (Wildman–Crippen LogP) is 4.58. The smallest absolute Gasteiger partial charge is 0.271 e. The molecule has 7 nitrogen and oxygen atoms in total. The minimum atomic E-state index is -0.390. The maximum absolute atomic E-state index is 13.0. The number of carbonyl (C=O) groups excluding carboxylic acids is 1. The Morgan fingerprint density at radius 3 is 2.27 bits per heavy atom. The SMILES string of the molecule is CCOc1ccc(C(=O)N/N=C/c2ccc(OCc3ccc(F)cc3)c(OC)c2)cc1OC. The molecular formula is C25H25FN2O5. The van der Waals surface area contributed by atoms with Crippen LogP contribution in [0.5, 0.6) is 23.0 Å². The first-order chi connectivity index (χ1) is 16.0.